The third-order valence-corrected chi connectivity index (χ3v) is 4.91. The standard InChI is InChI=1S/C22H20F3N5O2/c1-15-3-2-4-20(22(23,24)25)19(15)12-32-18-5-6-21(26-7-18)30-10-16(28-14-30)8-29-9-17(11-31)27-13-29/h2-7,9-10,13-14,31H,8,11-12H2,1H3. The summed E-state index contributed by atoms with van der Waals surface area (Å²) in [5.74, 6) is 0.949. The van der Waals surface area contributed by atoms with E-state index in [2.05, 4.69) is 15.0 Å². The lowest BCUT2D eigenvalue weighted by atomic mass is 10.0. The largest absolute Gasteiger partial charge is 0.487 e. The van der Waals surface area contributed by atoms with Gasteiger partial charge in [-0.1, -0.05) is 12.1 Å². The molecule has 0 unspecified atom stereocenters. The van der Waals surface area contributed by atoms with Crippen LogP contribution in [0, 0.1) is 6.92 Å². The van der Waals surface area contributed by atoms with Crippen molar-refractivity contribution in [1.29, 1.82) is 0 Å². The minimum Gasteiger partial charge on any atom is -0.487 e. The van der Waals surface area contributed by atoms with Crippen molar-refractivity contribution in [2.24, 2.45) is 0 Å². The molecule has 32 heavy (non-hydrogen) atoms. The van der Waals surface area contributed by atoms with Gasteiger partial charge in [-0.15, -0.1) is 0 Å². The van der Waals surface area contributed by atoms with E-state index in [1.54, 1.807) is 48.5 Å². The predicted molar refractivity (Wildman–Crippen MR) is 109 cm³/mol. The van der Waals surface area contributed by atoms with Crippen molar-refractivity contribution >= 4 is 0 Å². The van der Waals surface area contributed by atoms with Crippen LogP contribution in [-0.4, -0.2) is 29.2 Å². The molecule has 3 heterocycles. The second-order valence-electron chi connectivity index (χ2n) is 7.21. The number of hydrogen-bond donors (Lipinski definition) is 1. The Kier molecular flexibility index (Phi) is 5.95. The van der Waals surface area contributed by atoms with Crippen molar-refractivity contribution in [2.45, 2.75) is 32.9 Å². The number of aromatic nitrogens is 5. The second kappa shape index (κ2) is 8.83. The third kappa shape index (κ3) is 4.80. The first kappa shape index (κ1) is 21.6. The maximum atomic E-state index is 13.3. The first-order valence-corrected chi connectivity index (χ1v) is 9.73. The number of halogens is 3. The van der Waals surface area contributed by atoms with Gasteiger partial charge >= 0.3 is 6.18 Å². The molecular formula is C22H20F3N5O2. The molecule has 0 aliphatic heterocycles. The summed E-state index contributed by atoms with van der Waals surface area (Å²) in [6.45, 7) is 1.78. The molecule has 10 heteroatoms. The van der Waals surface area contributed by atoms with Gasteiger partial charge in [0.05, 0.1) is 42.6 Å². The Hall–Kier alpha value is -3.66. The van der Waals surface area contributed by atoms with Gasteiger partial charge in [0.15, 0.2) is 0 Å². The molecule has 0 aliphatic rings. The summed E-state index contributed by atoms with van der Waals surface area (Å²) in [7, 11) is 0. The van der Waals surface area contributed by atoms with E-state index < -0.39 is 11.7 Å². The van der Waals surface area contributed by atoms with Gasteiger partial charge in [-0.05, 0) is 30.7 Å². The minimum atomic E-state index is -4.44. The van der Waals surface area contributed by atoms with Crippen LogP contribution >= 0.6 is 0 Å². The third-order valence-electron chi connectivity index (χ3n) is 4.91. The second-order valence-corrected chi connectivity index (χ2v) is 7.21. The molecule has 0 saturated carbocycles. The molecule has 1 aromatic carbocycles. The van der Waals surface area contributed by atoms with Crippen molar-refractivity contribution in [3.63, 3.8) is 0 Å². The van der Waals surface area contributed by atoms with Crippen LogP contribution in [0.2, 0.25) is 0 Å². The SMILES string of the molecule is Cc1cccc(C(F)(F)F)c1COc1ccc(-n2cnc(Cn3cnc(CO)c3)c2)nc1. The first-order valence-electron chi connectivity index (χ1n) is 9.73. The number of benzene rings is 1. The average Bonchev–Trinajstić information content (AvgIpc) is 3.42. The molecule has 0 radical (unpaired) electrons. The summed E-state index contributed by atoms with van der Waals surface area (Å²) in [5.41, 5.74) is 1.27. The molecule has 0 amide bonds. The molecular weight excluding hydrogens is 423 g/mol. The van der Waals surface area contributed by atoms with E-state index in [1.165, 1.54) is 12.3 Å². The van der Waals surface area contributed by atoms with Crippen LogP contribution in [0.25, 0.3) is 5.82 Å². The summed E-state index contributed by atoms with van der Waals surface area (Å²) in [6, 6.07) is 7.41. The number of aryl methyl sites for hydroxylation is 1. The van der Waals surface area contributed by atoms with Crippen LogP contribution in [-0.2, 0) is 25.9 Å². The number of rotatable bonds is 7. The Bertz CT molecular complexity index is 1200. The van der Waals surface area contributed by atoms with E-state index in [0.29, 0.717) is 29.4 Å². The molecule has 1 N–H and O–H groups in total. The Morgan fingerprint density at radius 2 is 1.81 bits per heavy atom. The molecule has 4 rings (SSSR count). The Morgan fingerprint density at radius 3 is 2.50 bits per heavy atom. The Balaban J connectivity index is 1.43. The van der Waals surface area contributed by atoms with Gasteiger partial charge in [-0.2, -0.15) is 13.2 Å². The van der Waals surface area contributed by atoms with Crippen molar-refractivity contribution in [3.05, 3.63) is 89.7 Å². The summed E-state index contributed by atoms with van der Waals surface area (Å²) in [5, 5.41) is 9.09. The highest BCUT2D eigenvalue weighted by atomic mass is 19.4. The zero-order chi connectivity index (χ0) is 22.7. The van der Waals surface area contributed by atoms with Crippen LogP contribution in [0.4, 0.5) is 13.2 Å². The van der Waals surface area contributed by atoms with Crippen LogP contribution < -0.4 is 4.74 Å². The molecule has 0 spiro atoms. The molecule has 7 nitrogen and oxygen atoms in total. The maximum absolute atomic E-state index is 13.3. The van der Waals surface area contributed by atoms with Crippen LogP contribution in [0.1, 0.15) is 28.1 Å². The van der Waals surface area contributed by atoms with E-state index in [0.717, 1.165) is 11.8 Å². The summed E-state index contributed by atoms with van der Waals surface area (Å²) in [4.78, 5) is 12.7. The van der Waals surface area contributed by atoms with Crippen LogP contribution in [0.3, 0.4) is 0 Å². The van der Waals surface area contributed by atoms with Gasteiger partial charge in [-0.3, -0.25) is 4.57 Å². The normalized spacial score (nSPS) is 11.7. The molecule has 0 aliphatic carbocycles. The zero-order valence-electron chi connectivity index (χ0n) is 17.1. The number of hydrogen-bond acceptors (Lipinski definition) is 5. The number of aliphatic hydroxyl groups is 1. The molecule has 0 atom stereocenters. The fourth-order valence-corrected chi connectivity index (χ4v) is 3.26. The lowest BCUT2D eigenvalue weighted by Crippen LogP contribution is -2.12. The van der Waals surface area contributed by atoms with Crippen molar-refractivity contribution < 1.29 is 23.0 Å². The summed E-state index contributed by atoms with van der Waals surface area (Å²) in [6.07, 6.45) is 3.80. The minimum absolute atomic E-state index is 0.104. The molecule has 4 aromatic rings. The number of alkyl halides is 3. The molecule has 0 saturated heterocycles. The van der Waals surface area contributed by atoms with Crippen molar-refractivity contribution in [3.8, 4) is 11.6 Å². The van der Waals surface area contributed by atoms with Gasteiger partial charge in [0.25, 0.3) is 0 Å². The highest BCUT2D eigenvalue weighted by Gasteiger charge is 2.33. The Labute approximate surface area is 181 Å². The quantitative estimate of drug-likeness (QED) is 0.469. The van der Waals surface area contributed by atoms with Gasteiger partial charge in [0, 0.05) is 18.0 Å². The summed E-state index contributed by atoms with van der Waals surface area (Å²) < 4.78 is 48.9. The number of imidazole rings is 2. The maximum Gasteiger partial charge on any atom is 0.416 e. The van der Waals surface area contributed by atoms with Crippen LogP contribution in [0.15, 0.2) is 61.6 Å². The van der Waals surface area contributed by atoms with Crippen molar-refractivity contribution in [1.82, 2.24) is 24.1 Å². The fraction of sp³-hybridized carbons (Fsp3) is 0.227. The van der Waals surface area contributed by atoms with E-state index in [1.807, 2.05) is 10.8 Å². The van der Waals surface area contributed by atoms with E-state index in [4.69, 9.17) is 9.84 Å². The van der Waals surface area contributed by atoms with Gasteiger partial charge in [0.2, 0.25) is 0 Å². The number of pyridine rings is 1. The topological polar surface area (TPSA) is 78.0 Å². The number of aliphatic hydroxyl groups excluding tert-OH is 1. The number of nitrogens with zero attached hydrogens (tertiary/aromatic N) is 5. The van der Waals surface area contributed by atoms with Gasteiger partial charge in [-0.25, -0.2) is 15.0 Å². The van der Waals surface area contributed by atoms with E-state index in [-0.39, 0.29) is 18.8 Å². The highest BCUT2D eigenvalue weighted by Crippen LogP contribution is 2.33. The summed E-state index contributed by atoms with van der Waals surface area (Å²) >= 11 is 0. The predicted octanol–water partition coefficient (Wildman–Crippen LogP) is 3.91. The number of ether oxygens (including phenoxy) is 1. The first-order chi connectivity index (χ1) is 15.3. The van der Waals surface area contributed by atoms with E-state index >= 15 is 0 Å². The zero-order valence-corrected chi connectivity index (χ0v) is 17.1. The molecule has 0 fully saturated rings. The monoisotopic (exact) mass is 443 g/mol. The smallest absolute Gasteiger partial charge is 0.416 e. The molecule has 166 valence electrons. The average molecular weight is 443 g/mol. The molecule has 0 bridgehead atoms. The van der Waals surface area contributed by atoms with Gasteiger partial charge in [0.1, 0.15) is 24.5 Å². The van der Waals surface area contributed by atoms with Crippen LogP contribution in [0.5, 0.6) is 5.75 Å². The lowest BCUT2D eigenvalue weighted by molar-refractivity contribution is -0.138. The van der Waals surface area contributed by atoms with Crippen molar-refractivity contribution in [2.75, 3.05) is 0 Å². The molecule has 3 aromatic heterocycles. The van der Waals surface area contributed by atoms with E-state index in [9.17, 15) is 13.2 Å². The Morgan fingerprint density at radius 1 is 1.00 bits per heavy atom. The highest BCUT2D eigenvalue weighted by molar-refractivity contribution is 5.37. The fourth-order valence-electron chi connectivity index (χ4n) is 3.26. The lowest BCUT2D eigenvalue weighted by Gasteiger charge is -2.16. The van der Waals surface area contributed by atoms with Gasteiger partial charge < -0.3 is 14.4 Å².